The molecule has 0 fully saturated rings. The van der Waals surface area contributed by atoms with E-state index in [9.17, 15) is 0 Å². The van der Waals surface area contributed by atoms with Crippen molar-refractivity contribution in [2.45, 2.75) is 25.7 Å². The molecular formula is C23H27NO4S. The third-order valence-corrected chi connectivity index (χ3v) is 5.65. The maximum atomic E-state index is 9.10. The summed E-state index contributed by atoms with van der Waals surface area (Å²) in [5.41, 5.74) is 2.81. The summed E-state index contributed by atoms with van der Waals surface area (Å²) in [6.07, 6.45) is 5.07. The molecule has 2 N–H and O–H groups in total. The predicted molar refractivity (Wildman–Crippen MR) is 119 cm³/mol. The predicted octanol–water partition coefficient (Wildman–Crippen LogP) is 5.00. The van der Waals surface area contributed by atoms with Gasteiger partial charge in [0.2, 0.25) is 0 Å². The second-order valence-electron chi connectivity index (χ2n) is 6.99. The number of aliphatic carboxylic acids is 2. The number of nitrogens with zero attached hydrogens (tertiary/aromatic N) is 1. The van der Waals surface area contributed by atoms with E-state index in [1.54, 1.807) is 4.88 Å². The number of carbonyl (C=O) groups is 2. The second-order valence-corrected chi connectivity index (χ2v) is 8.12. The number of unbranched alkanes of at least 4 members (excludes halogenated alkanes) is 2. The van der Waals surface area contributed by atoms with Gasteiger partial charge in [-0.3, -0.25) is 0 Å². The number of thiophene rings is 1. The summed E-state index contributed by atoms with van der Waals surface area (Å²) in [4.78, 5) is 22.0. The van der Waals surface area contributed by atoms with Crippen molar-refractivity contribution in [3.05, 3.63) is 59.5 Å². The number of aryl methyl sites for hydroxylation is 1. The van der Waals surface area contributed by atoms with Crippen LogP contribution < -0.4 is 0 Å². The monoisotopic (exact) mass is 413 g/mol. The molecule has 0 bridgehead atoms. The maximum absolute atomic E-state index is 9.10. The lowest BCUT2D eigenvalue weighted by Gasteiger charge is -2.09. The molecule has 0 aliphatic heterocycles. The second kappa shape index (κ2) is 11.3. The molecule has 0 amide bonds. The Hall–Kier alpha value is -2.70. The van der Waals surface area contributed by atoms with Gasteiger partial charge in [-0.1, -0.05) is 55.0 Å². The summed E-state index contributed by atoms with van der Waals surface area (Å²) in [7, 11) is 4.30. The fourth-order valence-electron chi connectivity index (χ4n) is 3.08. The van der Waals surface area contributed by atoms with Crippen molar-refractivity contribution < 1.29 is 19.8 Å². The fourth-order valence-corrected chi connectivity index (χ4v) is 4.35. The van der Waals surface area contributed by atoms with Crippen LogP contribution in [-0.4, -0.2) is 47.7 Å². The molecule has 0 spiro atoms. The number of carboxylic acids is 2. The SMILES string of the molecule is CN(C)CCCCCc1sc2ccccc2c1-c1ccccc1.O=C(O)C(=O)O. The molecule has 0 saturated heterocycles. The average molecular weight is 414 g/mol. The van der Waals surface area contributed by atoms with Crippen molar-refractivity contribution in [1.29, 1.82) is 0 Å². The van der Waals surface area contributed by atoms with E-state index in [0.29, 0.717) is 0 Å². The van der Waals surface area contributed by atoms with Gasteiger partial charge in [0.05, 0.1) is 0 Å². The highest BCUT2D eigenvalue weighted by molar-refractivity contribution is 7.19. The van der Waals surface area contributed by atoms with Gasteiger partial charge in [-0.15, -0.1) is 11.3 Å². The standard InChI is InChI=1S/C21H25NS.C2H2O4/c1-22(2)16-10-4-7-15-20-21(17-11-5-3-6-12-17)18-13-8-9-14-19(18)23-20;3-1(4)2(5)6/h3,5-6,8-9,11-14H,4,7,10,15-16H2,1-2H3;(H,3,4)(H,5,6). The zero-order chi connectivity index (χ0) is 21.2. The van der Waals surface area contributed by atoms with Crippen LogP contribution in [0.2, 0.25) is 0 Å². The molecule has 29 heavy (non-hydrogen) atoms. The summed E-state index contributed by atoms with van der Waals surface area (Å²) in [6, 6.07) is 19.7. The van der Waals surface area contributed by atoms with E-state index in [1.165, 1.54) is 53.4 Å². The normalized spacial score (nSPS) is 10.6. The van der Waals surface area contributed by atoms with E-state index in [-0.39, 0.29) is 0 Å². The number of hydrogen-bond donors (Lipinski definition) is 2. The van der Waals surface area contributed by atoms with Crippen LogP contribution in [0.25, 0.3) is 21.2 Å². The molecule has 0 radical (unpaired) electrons. The Morgan fingerprint density at radius 2 is 1.48 bits per heavy atom. The molecule has 1 aromatic heterocycles. The highest BCUT2D eigenvalue weighted by Crippen LogP contribution is 2.39. The van der Waals surface area contributed by atoms with E-state index < -0.39 is 11.9 Å². The van der Waals surface area contributed by atoms with Crippen molar-refractivity contribution in [3.63, 3.8) is 0 Å². The van der Waals surface area contributed by atoms with Crippen LogP contribution >= 0.6 is 11.3 Å². The van der Waals surface area contributed by atoms with Crippen LogP contribution in [0.1, 0.15) is 24.1 Å². The van der Waals surface area contributed by atoms with Crippen molar-refractivity contribution in [2.24, 2.45) is 0 Å². The van der Waals surface area contributed by atoms with Gasteiger partial charge in [-0.05, 0) is 51.5 Å². The Morgan fingerprint density at radius 3 is 2.10 bits per heavy atom. The van der Waals surface area contributed by atoms with Crippen molar-refractivity contribution in [3.8, 4) is 11.1 Å². The van der Waals surface area contributed by atoms with Gasteiger partial charge in [0.15, 0.2) is 0 Å². The van der Waals surface area contributed by atoms with Crippen LogP contribution in [0.15, 0.2) is 54.6 Å². The lowest BCUT2D eigenvalue weighted by Crippen LogP contribution is -2.12. The zero-order valence-electron chi connectivity index (χ0n) is 16.8. The minimum atomic E-state index is -1.82. The minimum absolute atomic E-state index is 1.19. The fraction of sp³-hybridized carbons (Fsp3) is 0.304. The molecule has 2 aromatic carbocycles. The molecule has 0 aliphatic rings. The molecule has 0 aliphatic carbocycles. The van der Waals surface area contributed by atoms with Crippen LogP contribution in [0.4, 0.5) is 0 Å². The van der Waals surface area contributed by atoms with Crippen LogP contribution in [0, 0.1) is 0 Å². The number of fused-ring (bicyclic) bond motifs is 1. The summed E-state index contributed by atoms with van der Waals surface area (Å²) >= 11 is 1.97. The highest BCUT2D eigenvalue weighted by Gasteiger charge is 2.13. The topological polar surface area (TPSA) is 77.8 Å². The lowest BCUT2D eigenvalue weighted by molar-refractivity contribution is -0.159. The van der Waals surface area contributed by atoms with E-state index in [0.717, 1.165) is 0 Å². The molecule has 6 heteroatoms. The van der Waals surface area contributed by atoms with Crippen LogP contribution in [-0.2, 0) is 16.0 Å². The summed E-state index contributed by atoms with van der Waals surface area (Å²) in [5, 5.41) is 16.2. The van der Waals surface area contributed by atoms with Gasteiger partial charge in [0.25, 0.3) is 0 Å². The largest absolute Gasteiger partial charge is 0.473 e. The molecule has 0 unspecified atom stereocenters. The Balaban J connectivity index is 0.000000438. The van der Waals surface area contributed by atoms with Gasteiger partial charge < -0.3 is 15.1 Å². The van der Waals surface area contributed by atoms with E-state index >= 15 is 0 Å². The van der Waals surface area contributed by atoms with Crippen LogP contribution in [0.3, 0.4) is 0 Å². The van der Waals surface area contributed by atoms with Gasteiger partial charge >= 0.3 is 11.9 Å². The Morgan fingerprint density at radius 1 is 0.862 bits per heavy atom. The smallest absolute Gasteiger partial charge is 0.414 e. The molecule has 1 heterocycles. The number of hydrogen-bond acceptors (Lipinski definition) is 4. The first-order chi connectivity index (χ1) is 13.9. The molecule has 3 rings (SSSR count). The molecule has 3 aromatic rings. The van der Waals surface area contributed by atoms with E-state index in [4.69, 9.17) is 19.8 Å². The first-order valence-electron chi connectivity index (χ1n) is 9.57. The summed E-state index contributed by atoms with van der Waals surface area (Å²) < 4.78 is 1.41. The number of rotatable bonds is 7. The minimum Gasteiger partial charge on any atom is -0.473 e. The first kappa shape index (κ1) is 22.6. The van der Waals surface area contributed by atoms with Gasteiger partial charge in [-0.25, -0.2) is 9.59 Å². The third kappa shape index (κ3) is 7.00. The molecule has 0 saturated carbocycles. The van der Waals surface area contributed by atoms with Gasteiger partial charge in [-0.2, -0.15) is 0 Å². The quantitative estimate of drug-likeness (QED) is 0.421. The summed E-state index contributed by atoms with van der Waals surface area (Å²) in [6.45, 7) is 1.19. The Labute approximate surface area is 175 Å². The highest BCUT2D eigenvalue weighted by atomic mass is 32.1. The van der Waals surface area contributed by atoms with Crippen molar-refractivity contribution in [1.82, 2.24) is 4.90 Å². The summed E-state index contributed by atoms with van der Waals surface area (Å²) in [5.74, 6) is -3.65. The first-order valence-corrected chi connectivity index (χ1v) is 10.4. The lowest BCUT2D eigenvalue weighted by atomic mass is 10.00. The van der Waals surface area contributed by atoms with Crippen LogP contribution in [0.5, 0.6) is 0 Å². The number of carboxylic acid groups (broad SMARTS) is 2. The Bertz CT molecular complexity index is 922. The molecule has 0 atom stereocenters. The van der Waals surface area contributed by atoms with Gasteiger partial charge in [0.1, 0.15) is 0 Å². The molecular weight excluding hydrogens is 386 g/mol. The third-order valence-electron chi connectivity index (χ3n) is 4.42. The average Bonchev–Trinajstić information content (AvgIpc) is 3.06. The molecule has 5 nitrogen and oxygen atoms in total. The van der Waals surface area contributed by atoms with Crippen molar-refractivity contribution in [2.75, 3.05) is 20.6 Å². The Kier molecular flexibility index (Phi) is 8.83. The molecule has 154 valence electrons. The van der Waals surface area contributed by atoms with Gasteiger partial charge in [0, 0.05) is 20.5 Å². The maximum Gasteiger partial charge on any atom is 0.414 e. The zero-order valence-corrected chi connectivity index (χ0v) is 17.6. The number of benzene rings is 2. The van der Waals surface area contributed by atoms with Crippen molar-refractivity contribution >= 4 is 33.4 Å². The van der Waals surface area contributed by atoms with E-state index in [1.807, 2.05) is 11.3 Å². The van der Waals surface area contributed by atoms with E-state index in [2.05, 4.69) is 73.6 Å².